The number of nitrogens with zero attached hydrogens (tertiary/aromatic N) is 4. The number of nitrogens with one attached hydrogen (secondary N) is 1. The lowest BCUT2D eigenvalue weighted by atomic mass is 10.2. The maximum absolute atomic E-state index is 12.1. The topological polar surface area (TPSA) is 73.5 Å². The highest BCUT2D eigenvalue weighted by Gasteiger charge is 2.11. The molecule has 0 atom stereocenters. The lowest BCUT2D eigenvalue weighted by molar-refractivity contribution is 0.182. The van der Waals surface area contributed by atoms with Gasteiger partial charge in [-0.05, 0) is 26.0 Å². The molecule has 0 saturated heterocycles. The molecule has 0 aliphatic carbocycles. The van der Waals surface area contributed by atoms with E-state index < -0.39 is 0 Å². The zero-order valence-electron chi connectivity index (χ0n) is 14.1. The van der Waals surface area contributed by atoms with Crippen LogP contribution < -0.4 is 10.9 Å². The monoisotopic (exact) mass is 327 g/mol. The maximum Gasteiger partial charge on any atom is 0.259 e. The number of rotatable bonds is 6. The quantitative estimate of drug-likeness (QED) is 0.747. The van der Waals surface area contributed by atoms with Gasteiger partial charge in [0.2, 0.25) is 0 Å². The van der Waals surface area contributed by atoms with Crippen molar-refractivity contribution >= 4 is 11.5 Å². The van der Waals surface area contributed by atoms with E-state index in [4.69, 9.17) is 4.74 Å². The summed E-state index contributed by atoms with van der Waals surface area (Å²) < 4.78 is 8.57. The first-order valence-corrected chi connectivity index (χ1v) is 7.84. The summed E-state index contributed by atoms with van der Waals surface area (Å²) >= 11 is 0. The summed E-state index contributed by atoms with van der Waals surface area (Å²) in [5.74, 6) is 0.564. The molecule has 126 valence electrons. The van der Waals surface area contributed by atoms with Crippen molar-refractivity contribution in [3.8, 4) is 0 Å². The molecule has 24 heavy (non-hydrogen) atoms. The van der Waals surface area contributed by atoms with Gasteiger partial charge in [-0.3, -0.25) is 13.9 Å². The van der Waals surface area contributed by atoms with E-state index in [1.807, 2.05) is 36.7 Å². The molecule has 7 nitrogen and oxygen atoms in total. The Morgan fingerprint density at radius 2 is 2.12 bits per heavy atom. The van der Waals surface area contributed by atoms with Crippen LogP contribution >= 0.6 is 0 Å². The smallest absolute Gasteiger partial charge is 0.259 e. The Labute approximate surface area is 139 Å². The molecule has 0 fully saturated rings. The van der Waals surface area contributed by atoms with Gasteiger partial charge in [-0.15, -0.1) is 0 Å². The number of hydrogen-bond acceptors (Lipinski definition) is 5. The molecule has 1 N–H and O–H groups in total. The fourth-order valence-electron chi connectivity index (χ4n) is 2.71. The highest BCUT2D eigenvalue weighted by atomic mass is 16.5. The standard InChI is InChI=1S/C17H21N5O2/c1-12-14(13(2)22(20-12)8-9-24-3)11-18-15-10-17(23)21-7-5-4-6-16(21)19-15/h4-7,10,18H,8-9,11H2,1-3H3. The average Bonchev–Trinajstić information content (AvgIpc) is 2.85. The Bertz CT molecular complexity index is 913. The molecule has 3 aromatic rings. The van der Waals surface area contributed by atoms with Crippen LogP contribution in [0.15, 0.2) is 35.3 Å². The van der Waals surface area contributed by atoms with Crippen LogP contribution in [0.25, 0.3) is 5.65 Å². The molecule has 0 spiro atoms. The SMILES string of the molecule is COCCn1nc(C)c(CNc2cc(=O)n3ccccc3n2)c1C. The molecule has 0 radical (unpaired) electrons. The van der Waals surface area contributed by atoms with Crippen molar-refractivity contribution in [1.82, 2.24) is 19.2 Å². The molecule has 0 aliphatic heterocycles. The number of aryl methyl sites for hydroxylation is 1. The summed E-state index contributed by atoms with van der Waals surface area (Å²) in [5, 5.41) is 7.77. The molecule has 7 heteroatoms. The van der Waals surface area contributed by atoms with E-state index in [1.165, 1.54) is 10.5 Å². The van der Waals surface area contributed by atoms with Gasteiger partial charge in [0, 0.05) is 37.2 Å². The minimum Gasteiger partial charge on any atom is -0.383 e. The Balaban J connectivity index is 1.81. The van der Waals surface area contributed by atoms with E-state index in [0.717, 1.165) is 23.5 Å². The second kappa shape index (κ2) is 6.84. The third-order valence-electron chi connectivity index (χ3n) is 4.06. The summed E-state index contributed by atoms with van der Waals surface area (Å²) in [6.45, 7) is 5.93. The molecule has 0 unspecified atom stereocenters. The van der Waals surface area contributed by atoms with Gasteiger partial charge in [0.05, 0.1) is 18.8 Å². The van der Waals surface area contributed by atoms with E-state index in [9.17, 15) is 4.79 Å². The van der Waals surface area contributed by atoms with Gasteiger partial charge < -0.3 is 10.1 Å². The minimum absolute atomic E-state index is 0.104. The van der Waals surface area contributed by atoms with E-state index in [-0.39, 0.29) is 5.56 Å². The summed E-state index contributed by atoms with van der Waals surface area (Å²) in [5.41, 5.74) is 3.69. The Hall–Kier alpha value is -2.67. The van der Waals surface area contributed by atoms with Crippen LogP contribution in [0.3, 0.4) is 0 Å². The fourth-order valence-corrected chi connectivity index (χ4v) is 2.71. The number of anilines is 1. The van der Waals surface area contributed by atoms with Crippen LogP contribution in [0.1, 0.15) is 17.0 Å². The number of fused-ring (bicyclic) bond motifs is 1. The highest BCUT2D eigenvalue weighted by Crippen LogP contribution is 2.15. The second-order valence-electron chi connectivity index (χ2n) is 5.63. The van der Waals surface area contributed by atoms with Crippen molar-refractivity contribution in [2.45, 2.75) is 26.9 Å². The molecule has 0 saturated carbocycles. The van der Waals surface area contributed by atoms with Gasteiger partial charge in [0.15, 0.2) is 0 Å². The molecule has 0 aromatic carbocycles. The van der Waals surface area contributed by atoms with Gasteiger partial charge in [0.1, 0.15) is 11.5 Å². The first-order chi connectivity index (χ1) is 11.6. The van der Waals surface area contributed by atoms with E-state index >= 15 is 0 Å². The molecule has 0 amide bonds. The predicted molar refractivity (Wildman–Crippen MR) is 92.4 cm³/mol. The van der Waals surface area contributed by atoms with Crippen molar-refractivity contribution in [3.05, 3.63) is 57.8 Å². The van der Waals surface area contributed by atoms with Crippen LogP contribution in [0.4, 0.5) is 5.82 Å². The van der Waals surface area contributed by atoms with Crippen molar-refractivity contribution in [2.24, 2.45) is 0 Å². The minimum atomic E-state index is -0.104. The number of ether oxygens (including phenoxy) is 1. The Morgan fingerprint density at radius 3 is 2.92 bits per heavy atom. The molecular formula is C17H21N5O2. The van der Waals surface area contributed by atoms with Crippen LogP contribution in [-0.2, 0) is 17.8 Å². The molecule has 3 rings (SSSR count). The third-order valence-corrected chi connectivity index (χ3v) is 4.06. The van der Waals surface area contributed by atoms with Crippen molar-refractivity contribution in [2.75, 3.05) is 19.0 Å². The van der Waals surface area contributed by atoms with Gasteiger partial charge in [-0.25, -0.2) is 4.98 Å². The lowest BCUT2D eigenvalue weighted by Gasteiger charge is -2.08. The second-order valence-corrected chi connectivity index (χ2v) is 5.63. The number of hydrogen-bond donors (Lipinski definition) is 1. The zero-order valence-corrected chi connectivity index (χ0v) is 14.1. The van der Waals surface area contributed by atoms with Gasteiger partial charge in [-0.1, -0.05) is 6.07 Å². The Morgan fingerprint density at radius 1 is 1.29 bits per heavy atom. The normalized spacial score (nSPS) is 11.1. The maximum atomic E-state index is 12.1. The third kappa shape index (κ3) is 3.16. The molecule has 3 heterocycles. The number of methoxy groups -OCH3 is 1. The van der Waals surface area contributed by atoms with Crippen LogP contribution in [-0.4, -0.2) is 32.9 Å². The van der Waals surface area contributed by atoms with Gasteiger partial charge in [0.25, 0.3) is 5.56 Å². The number of pyridine rings is 1. The summed E-state index contributed by atoms with van der Waals surface area (Å²) in [4.78, 5) is 16.6. The molecule has 0 bridgehead atoms. The molecule has 0 aliphatic rings. The lowest BCUT2D eigenvalue weighted by Crippen LogP contribution is -2.15. The highest BCUT2D eigenvalue weighted by molar-refractivity contribution is 5.46. The van der Waals surface area contributed by atoms with E-state index in [1.54, 1.807) is 13.3 Å². The van der Waals surface area contributed by atoms with Crippen LogP contribution in [0, 0.1) is 13.8 Å². The zero-order chi connectivity index (χ0) is 17.1. The summed E-state index contributed by atoms with van der Waals surface area (Å²) in [6.07, 6.45) is 1.71. The number of aromatic nitrogens is 4. The molecule has 3 aromatic heterocycles. The van der Waals surface area contributed by atoms with Gasteiger partial charge >= 0.3 is 0 Å². The van der Waals surface area contributed by atoms with Crippen molar-refractivity contribution in [1.29, 1.82) is 0 Å². The largest absolute Gasteiger partial charge is 0.383 e. The summed E-state index contributed by atoms with van der Waals surface area (Å²) in [7, 11) is 1.68. The van der Waals surface area contributed by atoms with Crippen LogP contribution in [0.2, 0.25) is 0 Å². The van der Waals surface area contributed by atoms with E-state index in [0.29, 0.717) is 24.6 Å². The van der Waals surface area contributed by atoms with Crippen molar-refractivity contribution in [3.63, 3.8) is 0 Å². The first-order valence-electron chi connectivity index (χ1n) is 7.84. The Kier molecular flexibility index (Phi) is 4.61. The molecular weight excluding hydrogens is 306 g/mol. The van der Waals surface area contributed by atoms with Crippen molar-refractivity contribution < 1.29 is 4.74 Å². The fraction of sp³-hybridized carbons (Fsp3) is 0.353. The van der Waals surface area contributed by atoms with Gasteiger partial charge in [-0.2, -0.15) is 5.10 Å². The first kappa shape index (κ1) is 16.2. The average molecular weight is 327 g/mol. The van der Waals surface area contributed by atoms with Crippen LogP contribution in [0.5, 0.6) is 0 Å². The predicted octanol–water partition coefficient (Wildman–Crippen LogP) is 1.77. The summed E-state index contributed by atoms with van der Waals surface area (Å²) in [6, 6.07) is 6.99. The van der Waals surface area contributed by atoms with E-state index in [2.05, 4.69) is 15.4 Å².